The first-order valence-corrected chi connectivity index (χ1v) is 7.76. The van der Waals surface area contributed by atoms with Crippen molar-refractivity contribution in [1.29, 1.82) is 0 Å². The second kappa shape index (κ2) is 5.64. The molecule has 0 saturated carbocycles. The molecule has 1 aromatic carbocycles. The van der Waals surface area contributed by atoms with Gasteiger partial charge in [-0.25, -0.2) is 0 Å². The van der Waals surface area contributed by atoms with E-state index in [9.17, 15) is 0 Å². The van der Waals surface area contributed by atoms with E-state index in [0.29, 0.717) is 6.04 Å². The second-order valence-corrected chi connectivity index (χ2v) is 6.35. The van der Waals surface area contributed by atoms with Crippen LogP contribution in [-0.4, -0.2) is 31.1 Å². The standard InChI is InChI=1S/C17H26N2/c1-13-11-19(9-8-17(13)18-2)12-14-6-7-15-4-3-5-16(15)10-14/h6-7,10,13,17-18H,3-5,8-9,11-12H2,1-2H3. The summed E-state index contributed by atoms with van der Waals surface area (Å²) in [6.07, 6.45) is 5.22. The van der Waals surface area contributed by atoms with Gasteiger partial charge in [0, 0.05) is 19.1 Å². The fraction of sp³-hybridized carbons (Fsp3) is 0.647. The van der Waals surface area contributed by atoms with Crippen LogP contribution in [0.3, 0.4) is 0 Å². The molecule has 1 heterocycles. The first kappa shape index (κ1) is 13.1. The molecular formula is C17H26N2. The van der Waals surface area contributed by atoms with Gasteiger partial charge in [0.15, 0.2) is 0 Å². The van der Waals surface area contributed by atoms with Crippen LogP contribution in [0.25, 0.3) is 0 Å². The van der Waals surface area contributed by atoms with Crippen molar-refractivity contribution in [2.45, 2.75) is 45.2 Å². The third-order valence-corrected chi connectivity index (χ3v) is 4.93. The summed E-state index contributed by atoms with van der Waals surface area (Å²) in [7, 11) is 2.09. The maximum atomic E-state index is 3.45. The number of hydrogen-bond acceptors (Lipinski definition) is 2. The Hall–Kier alpha value is -0.860. The van der Waals surface area contributed by atoms with Crippen molar-refractivity contribution < 1.29 is 0 Å². The predicted molar refractivity (Wildman–Crippen MR) is 80.4 cm³/mol. The maximum absolute atomic E-state index is 3.45. The molecular weight excluding hydrogens is 232 g/mol. The molecule has 19 heavy (non-hydrogen) atoms. The summed E-state index contributed by atoms with van der Waals surface area (Å²) in [6.45, 7) is 5.96. The van der Waals surface area contributed by atoms with E-state index in [1.165, 1.54) is 44.3 Å². The van der Waals surface area contributed by atoms with Crippen LogP contribution in [-0.2, 0) is 19.4 Å². The number of aryl methyl sites for hydroxylation is 2. The second-order valence-electron chi connectivity index (χ2n) is 6.35. The van der Waals surface area contributed by atoms with E-state index in [4.69, 9.17) is 0 Å². The lowest BCUT2D eigenvalue weighted by Gasteiger charge is -2.36. The van der Waals surface area contributed by atoms with E-state index in [1.807, 2.05) is 0 Å². The van der Waals surface area contributed by atoms with E-state index in [2.05, 4.69) is 42.4 Å². The van der Waals surface area contributed by atoms with Crippen molar-refractivity contribution in [3.8, 4) is 0 Å². The molecule has 2 nitrogen and oxygen atoms in total. The molecule has 2 unspecified atom stereocenters. The van der Waals surface area contributed by atoms with E-state index < -0.39 is 0 Å². The van der Waals surface area contributed by atoms with Gasteiger partial charge in [-0.3, -0.25) is 4.90 Å². The molecule has 0 aromatic heterocycles. The normalized spacial score (nSPS) is 27.5. The van der Waals surface area contributed by atoms with Crippen LogP contribution in [0.4, 0.5) is 0 Å². The van der Waals surface area contributed by atoms with Crippen molar-refractivity contribution >= 4 is 0 Å². The molecule has 3 rings (SSSR count). The molecule has 1 N–H and O–H groups in total. The molecule has 104 valence electrons. The monoisotopic (exact) mass is 258 g/mol. The molecule has 2 atom stereocenters. The summed E-state index contributed by atoms with van der Waals surface area (Å²) < 4.78 is 0. The number of nitrogens with one attached hydrogen (secondary N) is 1. The topological polar surface area (TPSA) is 15.3 Å². The van der Waals surface area contributed by atoms with E-state index >= 15 is 0 Å². The Kier molecular flexibility index (Phi) is 3.90. The molecule has 0 spiro atoms. The van der Waals surface area contributed by atoms with Gasteiger partial charge in [-0.15, -0.1) is 0 Å². The minimum Gasteiger partial charge on any atom is -0.317 e. The van der Waals surface area contributed by atoms with Crippen LogP contribution in [0.15, 0.2) is 18.2 Å². The van der Waals surface area contributed by atoms with Crippen LogP contribution in [0.1, 0.15) is 36.5 Å². The fourth-order valence-electron chi connectivity index (χ4n) is 3.79. The van der Waals surface area contributed by atoms with Crippen LogP contribution in [0.2, 0.25) is 0 Å². The Labute approximate surface area is 117 Å². The summed E-state index contributed by atoms with van der Waals surface area (Å²) in [5, 5.41) is 3.45. The van der Waals surface area contributed by atoms with Gasteiger partial charge in [0.2, 0.25) is 0 Å². The Morgan fingerprint density at radius 1 is 1.26 bits per heavy atom. The number of nitrogens with zero attached hydrogens (tertiary/aromatic N) is 1. The molecule has 1 fully saturated rings. The molecule has 1 aliphatic carbocycles. The first-order chi connectivity index (χ1) is 9.26. The van der Waals surface area contributed by atoms with Crippen molar-refractivity contribution in [2.24, 2.45) is 5.92 Å². The highest BCUT2D eigenvalue weighted by molar-refractivity contribution is 5.35. The van der Waals surface area contributed by atoms with Crippen LogP contribution < -0.4 is 5.32 Å². The highest BCUT2D eigenvalue weighted by atomic mass is 15.1. The van der Waals surface area contributed by atoms with Crippen molar-refractivity contribution in [2.75, 3.05) is 20.1 Å². The summed E-state index contributed by atoms with van der Waals surface area (Å²) in [4.78, 5) is 2.62. The van der Waals surface area contributed by atoms with E-state index in [0.717, 1.165) is 12.5 Å². The first-order valence-electron chi connectivity index (χ1n) is 7.76. The van der Waals surface area contributed by atoms with E-state index in [1.54, 1.807) is 11.1 Å². The maximum Gasteiger partial charge on any atom is 0.0233 e. The van der Waals surface area contributed by atoms with Crippen molar-refractivity contribution in [3.05, 3.63) is 34.9 Å². The van der Waals surface area contributed by atoms with Gasteiger partial charge in [0.1, 0.15) is 0 Å². The molecule has 1 saturated heterocycles. The summed E-state index contributed by atoms with van der Waals surface area (Å²) in [6, 6.07) is 7.87. The number of piperidine rings is 1. The average molecular weight is 258 g/mol. The number of fused-ring (bicyclic) bond motifs is 1. The predicted octanol–water partition coefficient (Wildman–Crippen LogP) is 2.61. The molecule has 2 aliphatic rings. The minimum atomic E-state index is 0.705. The highest BCUT2D eigenvalue weighted by Crippen LogP contribution is 2.24. The molecule has 1 aliphatic heterocycles. The van der Waals surface area contributed by atoms with Crippen LogP contribution in [0.5, 0.6) is 0 Å². The third-order valence-electron chi connectivity index (χ3n) is 4.93. The number of hydrogen-bond donors (Lipinski definition) is 1. The molecule has 2 heteroatoms. The summed E-state index contributed by atoms with van der Waals surface area (Å²) in [5.41, 5.74) is 4.71. The van der Waals surface area contributed by atoms with Crippen LogP contribution >= 0.6 is 0 Å². The number of likely N-dealkylation sites (tertiary alicyclic amines) is 1. The molecule has 0 amide bonds. The average Bonchev–Trinajstić information content (AvgIpc) is 2.86. The highest BCUT2D eigenvalue weighted by Gasteiger charge is 2.24. The van der Waals surface area contributed by atoms with Gasteiger partial charge in [0.05, 0.1) is 0 Å². The zero-order valence-corrected chi connectivity index (χ0v) is 12.3. The Morgan fingerprint density at radius 2 is 2.11 bits per heavy atom. The van der Waals surface area contributed by atoms with Gasteiger partial charge < -0.3 is 5.32 Å². The lowest BCUT2D eigenvalue weighted by Crippen LogP contribution is -2.46. The zero-order chi connectivity index (χ0) is 13.2. The smallest absolute Gasteiger partial charge is 0.0233 e. The molecule has 0 bridgehead atoms. The van der Waals surface area contributed by atoms with Crippen molar-refractivity contribution in [3.63, 3.8) is 0 Å². The third kappa shape index (κ3) is 2.85. The van der Waals surface area contributed by atoms with Gasteiger partial charge >= 0.3 is 0 Å². The minimum absolute atomic E-state index is 0.705. The van der Waals surface area contributed by atoms with Gasteiger partial charge in [0.25, 0.3) is 0 Å². The van der Waals surface area contributed by atoms with Crippen LogP contribution in [0, 0.1) is 5.92 Å². The Bertz CT molecular complexity index is 441. The Balaban J connectivity index is 1.63. The fourth-order valence-corrected chi connectivity index (χ4v) is 3.79. The van der Waals surface area contributed by atoms with Gasteiger partial charge in [-0.05, 0) is 61.9 Å². The summed E-state index contributed by atoms with van der Waals surface area (Å²) >= 11 is 0. The van der Waals surface area contributed by atoms with Crippen molar-refractivity contribution in [1.82, 2.24) is 10.2 Å². The SMILES string of the molecule is CNC1CCN(Cc2ccc3c(c2)CCC3)CC1C. The zero-order valence-electron chi connectivity index (χ0n) is 12.3. The lowest BCUT2D eigenvalue weighted by molar-refractivity contribution is 0.145. The quantitative estimate of drug-likeness (QED) is 0.896. The number of rotatable bonds is 3. The van der Waals surface area contributed by atoms with E-state index in [-0.39, 0.29) is 0 Å². The van der Waals surface area contributed by atoms with Gasteiger partial charge in [-0.2, -0.15) is 0 Å². The number of benzene rings is 1. The lowest BCUT2D eigenvalue weighted by atomic mass is 9.93. The molecule has 1 aromatic rings. The Morgan fingerprint density at radius 3 is 2.89 bits per heavy atom. The molecule has 0 radical (unpaired) electrons. The van der Waals surface area contributed by atoms with Gasteiger partial charge in [-0.1, -0.05) is 25.1 Å². The largest absolute Gasteiger partial charge is 0.317 e. The summed E-state index contributed by atoms with van der Waals surface area (Å²) in [5.74, 6) is 0.758.